The third kappa shape index (κ3) is 12.4. The molecule has 3 N–H and O–H groups in total. The number of aliphatic hydroxyl groups is 1. The molecule has 1 saturated heterocycles. The van der Waals surface area contributed by atoms with Gasteiger partial charge >= 0.3 is 0 Å². The summed E-state index contributed by atoms with van der Waals surface area (Å²) in [5.41, 5.74) is 4.49. The van der Waals surface area contributed by atoms with Gasteiger partial charge in [0.2, 0.25) is 5.91 Å². The topological polar surface area (TPSA) is 72.8 Å². The predicted molar refractivity (Wildman–Crippen MR) is 159 cm³/mol. The molecule has 3 aromatic rings. The second-order valence-electron chi connectivity index (χ2n) is 9.91. The summed E-state index contributed by atoms with van der Waals surface area (Å²) in [7, 11) is 0. The lowest BCUT2D eigenvalue weighted by atomic mass is 9.93. The van der Waals surface area contributed by atoms with Crippen molar-refractivity contribution in [2.24, 2.45) is 0 Å². The Morgan fingerprint density at radius 3 is 1.92 bits per heavy atom. The van der Waals surface area contributed by atoms with Gasteiger partial charge in [0.1, 0.15) is 5.75 Å². The first-order valence-corrected chi connectivity index (χ1v) is 14.0. The molecular formula is C33H46N2O3. The summed E-state index contributed by atoms with van der Waals surface area (Å²) in [6.45, 7) is 9.22. The Morgan fingerprint density at radius 2 is 1.45 bits per heavy atom. The van der Waals surface area contributed by atoms with Crippen LogP contribution >= 0.6 is 0 Å². The molecule has 1 atom stereocenters. The van der Waals surface area contributed by atoms with Crippen molar-refractivity contribution in [3.63, 3.8) is 0 Å². The van der Waals surface area contributed by atoms with Crippen LogP contribution in [-0.4, -0.2) is 47.3 Å². The van der Waals surface area contributed by atoms with Crippen LogP contribution in [0.3, 0.4) is 0 Å². The van der Waals surface area contributed by atoms with Crippen molar-refractivity contribution in [1.82, 2.24) is 4.90 Å². The molecular weight excluding hydrogens is 472 g/mol. The summed E-state index contributed by atoms with van der Waals surface area (Å²) in [6.07, 6.45) is 6.99. The number of amides is 1. The fourth-order valence-corrected chi connectivity index (χ4v) is 4.23. The summed E-state index contributed by atoms with van der Waals surface area (Å²) < 4.78 is 0. The maximum absolute atomic E-state index is 12.2. The number of nitrogens with zero attached hydrogens (tertiary/aromatic N) is 1. The number of likely N-dealkylation sites (tertiary alicyclic amines) is 1. The smallest absolute Gasteiger partial charge is 0.238 e. The number of benzene rings is 3. The Labute approximate surface area is 229 Å². The van der Waals surface area contributed by atoms with Crippen LogP contribution in [0.15, 0.2) is 78.9 Å². The van der Waals surface area contributed by atoms with E-state index in [2.05, 4.69) is 43.1 Å². The minimum Gasteiger partial charge on any atom is -0.508 e. The Morgan fingerprint density at radius 1 is 0.868 bits per heavy atom. The summed E-state index contributed by atoms with van der Waals surface area (Å²) in [5, 5.41) is 20.6. The maximum Gasteiger partial charge on any atom is 0.238 e. The molecule has 5 heteroatoms. The number of rotatable bonds is 8. The molecule has 0 spiro atoms. The standard InChI is InChI=1S/C21H26N2O2.C7H8.C5H12O/c1-16(18-7-11-20(24)12-8-18)17-5-9-19(10-6-17)22-21(25)15-23-13-3-2-4-14-23;1-7-5-3-2-4-6-7;1-2-3-4-5-6/h5-12,16,24H,2-4,13-15H2,1H3,(H,22,25);2-6H,1H3;6H,2-5H2,1H3. The predicted octanol–water partition coefficient (Wildman–Crippen LogP) is 7.13. The number of phenolic OH excluding ortho intramolecular Hbond substituents is 1. The van der Waals surface area contributed by atoms with Gasteiger partial charge in [-0.15, -0.1) is 0 Å². The fraction of sp³-hybridized carbons (Fsp3) is 0.424. The zero-order valence-corrected chi connectivity index (χ0v) is 23.4. The molecule has 0 radical (unpaired) electrons. The SMILES string of the molecule is CC(c1ccc(O)cc1)c1ccc(NC(=O)CN2CCCCC2)cc1.CCCCCO.Cc1ccccc1. The van der Waals surface area contributed by atoms with E-state index in [9.17, 15) is 9.90 Å². The normalized spacial score (nSPS) is 13.8. The van der Waals surface area contributed by atoms with E-state index < -0.39 is 0 Å². The van der Waals surface area contributed by atoms with Crippen molar-refractivity contribution in [3.05, 3.63) is 95.6 Å². The summed E-state index contributed by atoms with van der Waals surface area (Å²) in [5.74, 6) is 0.572. The number of anilines is 1. The Bertz CT molecular complexity index is 1010. The van der Waals surface area contributed by atoms with Crippen LogP contribution in [0.25, 0.3) is 0 Å². The Kier molecular flexibility index (Phi) is 14.8. The van der Waals surface area contributed by atoms with E-state index in [0.29, 0.717) is 13.2 Å². The average Bonchev–Trinajstić information content (AvgIpc) is 2.94. The molecule has 4 rings (SSSR count). The molecule has 1 fully saturated rings. The van der Waals surface area contributed by atoms with E-state index in [4.69, 9.17) is 5.11 Å². The molecule has 1 aliphatic rings. The highest BCUT2D eigenvalue weighted by Crippen LogP contribution is 2.26. The van der Waals surface area contributed by atoms with Gasteiger partial charge in [0.25, 0.3) is 0 Å². The van der Waals surface area contributed by atoms with Gasteiger partial charge in [-0.1, -0.05) is 93.3 Å². The molecule has 206 valence electrons. The number of hydrogen-bond donors (Lipinski definition) is 3. The lowest BCUT2D eigenvalue weighted by molar-refractivity contribution is -0.117. The lowest BCUT2D eigenvalue weighted by Crippen LogP contribution is -2.36. The number of piperidine rings is 1. The Hall–Kier alpha value is -3.15. The minimum absolute atomic E-state index is 0.0567. The van der Waals surface area contributed by atoms with Crippen molar-refractivity contribution < 1.29 is 15.0 Å². The molecule has 1 heterocycles. The van der Waals surface area contributed by atoms with Crippen LogP contribution in [0.5, 0.6) is 5.75 Å². The number of phenols is 1. The van der Waals surface area contributed by atoms with Gasteiger partial charge in [-0.05, 0) is 74.7 Å². The highest BCUT2D eigenvalue weighted by molar-refractivity contribution is 5.92. The first-order valence-electron chi connectivity index (χ1n) is 14.0. The molecule has 1 aliphatic heterocycles. The third-order valence-corrected chi connectivity index (χ3v) is 6.61. The number of hydrogen-bond acceptors (Lipinski definition) is 4. The monoisotopic (exact) mass is 518 g/mol. The number of carbonyl (C=O) groups is 1. The number of nitrogens with one attached hydrogen (secondary N) is 1. The first-order chi connectivity index (χ1) is 18.4. The van der Waals surface area contributed by atoms with Gasteiger partial charge in [0, 0.05) is 18.2 Å². The largest absolute Gasteiger partial charge is 0.508 e. The molecule has 0 saturated carbocycles. The van der Waals surface area contributed by atoms with Crippen LogP contribution in [0.2, 0.25) is 0 Å². The second kappa shape index (κ2) is 18.2. The van der Waals surface area contributed by atoms with Gasteiger partial charge in [-0.25, -0.2) is 0 Å². The number of carbonyl (C=O) groups excluding carboxylic acids is 1. The number of aryl methyl sites for hydroxylation is 1. The van der Waals surface area contributed by atoms with Crippen LogP contribution < -0.4 is 5.32 Å². The molecule has 3 aromatic carbocycles. The van der Waals surface area contributed by atoms with Crippen LogP contribution in [0.1, 0.15) is 75.0 Å². The quantitative estimate of drug-likeness (QED) is 0.277. The highest BCUT2D eigenvalue weighted by Gasteiger charge is 2.14. The van der Waals surface area contributed by atoms with Gasteiger partial charge in [-0.2, -0.15) is 0 Å². The Balaban J connectivity index is 0.000000320. The lowest BCUT2D eigenvalue weighted by Gasteiger charge is -2.25. The van der Waals surface area contributed by atoms with Gasteiger partial charge in [0.15, 0.2) is 0 Å². The highest BCUT2D eigenvalue weighted by atomic mass is 16.3. The fourth-order valence-electron chi connectivity index (χ4n) is 4.23. The zero-order valence-electron chi connectivity index (χ0n) is 23.4. The van der Waals surface area contributed by atoms with Crippen LogP contribution in [0.4, 0.5) is 5.69 Å². The van der Waals surface area contributed by atoms with Crippen molar-refractivity contribution in [2.75, 3.05) is 31.6 Å². The zero-order chi connectivity index (χ0) is 27.6. The van der Waals surface area contributed by atoms with E-state index in [1.54, 1.807) is 12.1 Å². The molecule has 38 heavy (non-hydrogen) atoms. The van der Waals surface area contributed by atoms with Crippen molar-refractivity contribution in [1.29, 1.82) is 0 Å². The number of aromatic hydroxyl groups is 1. The molecule has 0 aromatic heterocycles. The van der Waals surface area contributed by atoms with E-state index in [-0.39, 0.29) is 17.6 Å². The van der Waals surface area contributed by atoms with Gasteiger partial charge < -0.3 is 15.5 Å². The van der Waals surface area contributed by atoms with E-state index >= 15 is 0 Å². The third-order valence-electron chi connectivity index (χ3n) is 6.61. The summed E-state index contributed by atoms with van der Waals surface area (Å²) in [6, 6.07) is 25.6. The second-order valence-corrected chi connectivity index (χ2v) is 9.91. The van der Waals surface area contributed by atoms with Crippen molar-refractivity contribution >= 4 is 11.6 Å². The van der Waals surface area contributed by atoms with Gasteiger partial charge in [-0.3, -0.25) is 9.69 Å². The first kappa shape index (κ1) is 31.1. The van der Waals surface area contributed by atoms with E-state index in [0.717, 1.165) is 37.2 Å². The molecule has 5 nitrogen and oxygen atoms in total. The maximum atomic E-state index is 12.2. The number of aliphatic hydroxyl groups excluding tert-OH is 1. The number of unbranched alkanes of at least 4 members (excludes halogenated alkanes) is 2. The van der Waals surface area contributed by atoms with Gasteiger partial charge in [0.05, 0.1) is 6.54 Å². The molecule has 0 aliphatic carbocycles. The van der Waals surface area contributed by atoms with Crippen LogP contribution in [-0.2, 0) is 4.79 Å². The summed E-state index contributed by atoms with van der Waals surface area (Å²) >= 11 is 0. The summed E-state index contributed by atoms with van der Waals surface area (Å²) in [4.78, 5) is 14.4. The van der Waals surface area contributed by atoms with Crippen molar-refractivity contribution in [2.45, 2.75) is 65.2 Å². The molecule has 1 unspecified atom stereocenters. The molecule has 0 bridgehead atoms. The van der Waals surface area contributed by atoms with Crippen LogP contribution in [0, 0.1) is 6.92 Å². The van der Waals surface area contributed by atoms with E-state index in [1.165, 1.54) is 36.8 Å². The molecule has 1 amide bonds. The van der Waals surface area contributed by atoms with E-state index in [1.807, 2.05) is 54.6 Å². The minimum atomic E-state index is 0.0567. The van der Waals surface area contributed by atoms with Crippen molar-refractivity contribution in [3.8, 4) is 5.75 Å². The average molecular weight is 519 g/mol.